The summed E-state index contributed by atoms with van der Waals surface area (Å²) in [6.45, 7) is 4.42. The Bertz CT molecular complexity index is 377. The molecule has 96 valence electrons. The minimum Gasteiger partial charge on any atom is -0.760 e. The maximum Gasteiger partial charge on any atom is 0.338 e. The summed E-state index contributed by atoms with van der Waals surface area (Å²) >= 11 is -2.36. The van der Waals surface area contributed by atoms with Crippen LogP contribution in [0.3, 0.4) is 0 Å². The van der Waals surface area contributed by atoms with Gasteiger partial charge in [0.15, 0.2) is 0 Å². The molecular weight excluding hydrogens is 242 g/mol. The van der Waals surface area contributed by atoms with E-state index in [-0.39, 0.29) is 5.97 Å². The topological polar surface area (TPSA) is 92.5 Å². The number of hydrogen-bond donors (Lipinski definition) is 1. The van der Waals surface area contributed by atoms with Crippen molar-refractivity contribution < 1.29 is 18.3 Å². The Kier molecular flexibility index (Phi) is 8.21. The lowest BCUT2D eigenvalue weighted by molar-refractivity contribution is 0.0505. The smallest absolute Gasteiger partial charge is 0.338 e. The molecule has 1 unspecified atom stereocenters. The molecule has 0 saturated heterocycles. The van der Waals surface area contributed by atoms with Crippen molar-refractivity contribution in [1.82, 2.24) is 0 Å². The van der Waals surface area contributed by atoms with Gasteiger partial charge < -0.3 is 9.29 Å². The fourth-order valence-electron chi connectivity index (χ4n) is 1.05. The van der Waals surface area contributed by atoms with Crippen molar-refractivity contribution in [1.29, 1.82) is 0 Å². The second-order valence-corrected chi connectivity index (χ2v) is 3.79. The number of nitrogens with two attached hydrogens (primary N) is 1. The first kappa shape index (κ1) is 15.8. The van der Waals surface area contributed by atoms with Gasteiger partial charge in [0.25, 0.3) is 0 Å². The van der Waals surface area contributed by atoms with Gasteiger partial charge in [-0.2, -0.15) is 0 Å². The first-order valence-electron chi connectivity index (χ1n) is 5.04. The molecule has 0 radical (unpaired) electrons. The zero-order valence-electron chi connectivity index (χ0n) is 9.84. The van der Waals surface area contributed by atoms with Gasteiger partial charge in [-0.1, -0.05) is 24.6 Å². The second-order valence-electron chi connectivity index (χ2n) is 3.27. The average Bonchev–Trinajstić information content (AvgIpc) is 2.25. The zero-order valence-corrected chi connectivity index (χ0v) is 10.7. The van der Waals surface area contributed by atoms with Crippen LogP contribution in [0.5, 0.6) is 0 Å². The van der Waals surface area contributed by atoms with E-state index in [0.717, 1.165) is 12.0 Å². The Hall–Kier alpha value is -1.24. The maximum atomic E-state index is 11.3. The highest BCUT2D eigenvalue weighted by Crippen LogP contribution is 2.05. The van der Waals surface area contributed by atoms with Crippen molar-refractivity contribution in [3.8, 4) is 0 Å². The van der Waals surface area contributed by atoms with Gasteiger partial charge >= 0.3 is 5.97 Å². The summed E-state index contributed by atoms with van der Waals surface area (Å²) in [6.07, 6.45) is 0.859. The van der Waals surface area contributed by atoms with Gasteiger partial charge in [-0.05, 0) is 25.5 Å². The predicted octanol–water partition coefficient (Wildman–Crippen LogP) is 1.30. The molecule has 0 aliphatic rings. The van der Waals surface area contributed by atoms with Crippen molar-refractivity contribution in [2.24, 2.45) is 5.14 Å². The summed E-state index contributed by atoms with van der Waals surface area (Å²) in [5.41, 5.74) is 1.71. The molecule has 0 spiro atoms. The Morgan fingerprint density at radius 1 is 1.53 bits per heavy atom. The third kappa shape index (κ3) is 8.56. The molecule has 2 N–H and O–H groups in total. The zero-order chi connectivity index (χ0) is 13.3. The van der Waals surface area contributed by atoms with E-state index in [9.17, 15) is 4.79 Å². The quantitative estimate of drug-likeness (QED) is 0.653. The SMILES string of the molecule is CCCOC(=O)c1cccc(C)c1.NS(=O)[O-]. The number of rotatable bonds is 3. The van der Waals surface area contributed by atoms with Crippen molar-refractivity contribution in [3.05, 3.63) is 35.4 Å². The van der Waals surface area contributed by atoms with Crippen LogP contribution in [0.25, 0.3) is 0 Å². The molecule has 0 saturated carbocycles. The lowest BCUT2D eigenvalue weighted by atomic mass is 10.1. The van der Waals surface area contributed by atoms with Gasteiger partial charge in [0.1, 0.15) is 0 Å². The highest BCUT2D eigenvalue weighted by Gasteiger charge is 2.05. The van der Waals surface area contributed by atoms with Crippen LogP contribution < -0.4 is 5.14 Å². The molecule has 1 aromatic rings. The monoisotopic (exact) mass is 258 g/mol. The molecule has 0 aromatic heterocycles. The Labute approximate surface area is 103 Å². The standard InChI is InChI=1S/C11H14O2.H3NO2S/c1-3-7-13-11(12)10-6-4-5-9(2)8-10;1-4(2)3/h4-6,8H,3,7H2,1-2H3;1H2,(H,2,3)/p-1. The molecule has 0 amide bonds. The minimum atomic E-state index is -2.36. The molecule has 1 rings (SSSR count). The van der Waals surface area contributed by atoms with Gasteiger partial charge in [0.2, 0.25) is 0 Å². The van der Waals surface area contributed by atoms with Crippen LogP contribution in [0.1, 0.15) is 29.3 Å². The number of ether oxygens (including phenoxy) is 1. The fourth-order valence-corrected chi connectivity index (χ4v) is 1.05. The lowest BCUT2D eigenvalue weighted by Gasteiger charge is -2.02. The number of carbonyl (C=O) groups excluding carboxylic acids is 1. The molecule has 17 heavy (non-hydrogen) atoms. The summed E-state index contributed by atoms with van der Waals surface area (Å²) in [4.78, 5) is 11.3. The van der Waals surface area contributed by atoms with Gasteiger partial charge in [0.05, 0.1) is 12.2 Å². The van der Waals surface area contributed by atoms with E-state index in [2.05, 4.69) is 5.14 Å². The Balaban J connectivity index is 0.000000557. The van der Waals surface area contributed by atoms with Crippen LogP contribution in [-0.4, -0.2) is 21.3 Å². The van der Waals surface area contributed by atoms with E-state index >= 15 is 0 Å². The first-order chi connectivity index (χ1) is 7.97. The molecule has 1 aromatic carbocycles. The van der Waals surface area contributed by atoms with Crippen LogP contribution in [0.15, 0.2) is 24.3 Å². The van der Waals surface area contributed by atoms with E-state index in [4.69, 9.17) is 13.5 Å². The molecule has 1 atom stereocenters. The first-order valence-corrected chi connectivity index (χ1v) is 6.18. The molecule has 5 nitrogen and oxygen atoms in total. The molecule has 6 heteroatoms. The minimum absolute atomic E-state index is 0.231. The summed E-state index contributed by atoms with van der Waals surface area (Å²) in [5.74, 6) is -0.231. The van der Waals surface area contributed by atoms with Crippen molar-refractivity contribution in [3.63, 3.8) is 0 Å². The number of aryl methyl sites for hydroxylation is 1. The van der Waals surface area contributed by atoms with Gasteiger partial charge in [0, 0.05) is 11.3 Å². The summed E-state index contributed by atoms with van der Waals surface area (Å²) in [7, 11) is 0. The van der Waals surface area contributed by atoms with Crippen LogP contribution in [-0.2, 0) is 16.0 Å². The second kappa shape index (κ2) is 8.86. The van der Waals surface area contributed by atoms with Gasteiger partial charge in [-0.3, -0.25) is 9.35 Å². The number of hydrogen-bond acceptors (Lipinski definition) is 4. The predicted molar refractivity (Wildman–Crippen MR) is 64.9 cm³/mol. The van der Waals surface area contributed by atoms with E-state index in [1.165, 1.54) is 0 Å². The van der Waals surface area contributed by atoms with E-state index < -0.39 is 11.3 Å². The van der Waals surface area contributed by atoms with Crippen molar-refractivity contribution in [2.75, 3.05) is 6.61 Å². The largest absolute Gasteiger partial charge is 0.760 e. The third-order valence-corrected chi connectivity index (χ3v) is 1.69. The van der Waals surface area contributed by atoms with Crippen LogP contribution >= 0.6 is 0 Å². The fraction of sp³-hybridized carbons (Fsp3) is 0.364. The highest BCUT2D eigenvalue weighted by molar-refractivity contribution is 7.76. The Morgan fingerprint density at radius 2 is 2.12 bits per heavy atom. The lowest BCUT2D eigenvalue weighted by Crippen LogP contribution is -2.05. The number of esters is 1. The Morgan fingerprint density at radius 3 is 2.59 bits per heavy atom. The molecule has 0 bridgehead atoms. The average molecular weight is 258 g/mol. The number of benzene rings is 1. The van der Waals surface area contributed by atoms with Gasteiger partial charge in [-0.15, -0.1) is 0 Å². The van der Waals surface area contributed by atoms with E-state index in [1.807, 2.05) is 32.0 Å². The summed E-state index contributed by atoms with van der Waals surface area (Å²) in [6, 6.07) is 7.41. The maximum absolute atomic E-state index is 11.3. The third-order valence-electron chi connectivity index (χ3n) is 1.69. The van der Waals surface area contributed by atoms with Crippen molar-refractivity contribution >= 4 is 17.2 Å². The normalized spacial score (nSPS) is 11.1. The van der Waals surface area contributed by atoms with E-state index in [0.29, 0.717) is 12.2 Å². The molecule has 0 fully saturated rings. The van der Waals surface area contributed by atoms with Gasteiger partial charge in [-0.25, -0.2) is 4.79 Å². The van der Waals surface area contributed by atoms with Crippen LogP contribution in [0.2, 0.25) is 0 Å². The molecule has 0 aliphatic carbocycles. The van der Waals surface area contributed by atoms with E-state index in [1.54, 1.807) is 6.07 Å². The van der Waals surface area contributed by atoms with Crippen LogP contribution in [0.4, 0.5) is 0 Å². The van der Waals surface area contributed by atoms with Crippen molar-refractivity contribution in [2.45, 2.75) is 20.3 Å². The summed E-state index contributed by atoms with van der Waals surface area (Å²) < 4.78 is 22.5. The molecular formula is C11H16NO4S-. The highest BCUT2D eigenvalue weighted by atomic mass is 32.2. The molecule has 0 heterocycles. The number of carbonyl (C=O) groups is 1. The molecule has 0 aliphatic heterocycles. The van der Waals surface area contributed by atoms with Crippen LogP contribution in [0, 0.1) is 6.92 Å². The summed E-state index contributed by atoms with van der Waals surface area (Å²) in [5, 5.41) is 4.03.